The van der Waals surface area contributed by atoms with Crippen molar-refractivity contribution in [1.82, 2.24) is 4.98 Å². The molecule has 0 saturated heterocycles. The Morgan fingerprint density at radius 3 is 2.14 bits per heavy atom. The Morgan fingerprint density at radius 2 is 1.64 bits per heavy atom. The average Bonchev–Trinajstić information content (AvgIpc) is 2.77. The summed E-state index contributed by atoms with van der Waals surface area (Å²) in [4.78, 5) is 28.8. The van der Waals surface area contributed by atoms with E-state index in [-0.39, 0.29) is 22.1 Å². The largest absolute Gasteiger partial charge is 0.459 e. The Bertz CT molecular complexity index is 1200. The molecule has 7 nitrogen and oxygen atoms in total. The van der Waals surface area contributed by atoms with Crippen LogP contribution in [0.4, 0.5) is 46.6 Å². The molecule has 0 bridgehead atoms. The number of rotatable bonds is 7. The van der Waals surface area contributed by atoms with Gasteiger partial charge in [0.2, 0.25) is 5.70 Å². The molecule has 0 atom stereocenters. The van der Waals surface area contributed by atoms with E-state index in [2.05, 4.69) is 10.3 Å². The van der Waals surface area contributed by atoms with Crippen molar-refractivity contribution in [3.63, 3.8) is 0 Å². The number of allylic oxidation sites excluding steroid dienone is 1. The first-order valence-corrected chi connectivity index (χ1v) is 9.86. The summed E-state index contributed by atoms with van der Waals surface area (Å²) < 4.78 is 105. The molecule has 0 aliphatic carbocycles. The van der Waals surface area contributed by atoms with Gasteiger partial charge in [0.05, 0.1) is 17.6 Å². The van der Waals surface area contributed by atoms with Gasteiger partial charge >= 0.3 is 24.2 Å². The molecule has 0 unspecified atom stereocenters. The van der Waals surface area contributed by atoms with E-state index in [0.29, 0.717) is 5.32 Å². The lowest BCUT2D eigenvalue weighted by atomic mass is 10.0. The third kappa shape index (κ3) is 6.34. The highest BCUT2D eigenvalue weighted by atomic mass is 35.5. The average molecular weight is 545 g/mol. The summed E-state index contributed by atoms with van der Waals surface area (Å²) in [5.41, 5.74) is -8.25. The lowest BCUT2D eigenvalue weighted by Gasteiger charge is -2.23. The van der Waals surface area contributed by atoms with E-state index in [1.165, 1.54) is 12.3 Å². The van der Waals surface area contributed by atoms with Crippen molar-refractivity contribution in [1.29, 1.82) is 5.41 Å². The molecule has 2 aromatic rings. The quantitative estimate of drug-likeness (QED) is 0.239. The Kier molecular flexibility index (Phi) is 8.41. The number of halogens is 9. The first-order chi connectivity index (χ1) is 16.5. The van der Waals surface area contributed by atoms with Gasteiger partial charge in [-0.15, -0.1) is 0 Å². The zero-order valence-corrected chi connectivity index (χ0v) is 18.5. The van der Waals surface area contributed by atoms with Gasteiger partial charge in [-0.05, 0) is 30.3 Å². The van der Waals surface area contributed by atoms with Crippen LogP contribution in [0.1, 0.15) is 10.4 Å². The first-order valence-electron chi connectivity index (χ1n) is 9.48. The van der Waals surface area contributed by atoms with E-state index in [1.54, 1.807) is 12.1 Å². The molecule has 2 amide bonds. The predicted octanol–water partition coefficient (Wildman–Crippen LogP) is 4.15. The number of amides is 2. The number of quaternary nitrogens is 1. The zero-order valence-electron chi connectivity index (χ0n) is 17.8. The fourth-order valence-electron chi connectivity index (χ4n) is 2.71. The molecule has 0 aliphatic heterocycles. The highest BCUT2D eigenvalue weighted by Crippen LogP contribution is 2.41. The van der Waals surface area contributed by atoms with Gasteiger partial charge in [0.1, 0.15) is 17.1 Å². The molecule has 1 heterocycles. The Morgan fingerprint density at radius 1 is 1.00 bits per heavy atom. The normalized spacial score (nSPS) is 13.1. The predicted molar refractivity (Wildman–Crippen MR) is 112 cm³/mol. The number of hydrogen-bond donors (Lipinski definition) is 4. The number of aromatic nitrogens is 1. The fraction of sp³-hybridized carbons (Fsp3) is 0.200. The van der Waals surface area contributed by atoms with Crippen LogP contribution in [0.25, 0.3) is 0 Å². The fourth-order valence-corrected chi connectivity index (χ4v) is 2.92. The highest BCUT2D eigenvalue weighted by Gasteiger charge is 2.65. The lowest BCUT2D eigenvalue weighted by Crippen LogP contribution is -2.80. The van der Waals surface area contributed by atoms with E-state index < -0.39 is 47.1 Å². The molecule has 5 N–H and O–H groups in total. The van der Waals surface area contributed by atoms with Crippen molar-refractivity contribution >= 4 is 40.6 Å². The number of alkyl halides is 8. The van der Waals surface area contributed by atoms with Gasteiger partial charge in [0, 0.05) is 11.9 Å². The third-order valence-electron chi connectivity index (χ3n) is 4.38. The second-order valence-corrected chi connectivity index (χ2v) is 7.25. The Hall–Kier alpha value is -3.59. The molecule has 194 valence electrons. The van der Waals surface area contributed by atoms with Crippen molar-refractivity contribution in [3.8, 4) is 0 Å². The van der Waals surface area contributed by atoms with E-state index in [4.69, 9.17) is 17.0 Å². The van der Waals surface area contributed by atoms with Crippen LogP contribution < -0.4 is 16.0 Å². The summed E-state index contributed by atoms with van der Waals surface area (Å²) >= 11 is 5.95. The number of carbonyl (C=O) groups excluding carboxylic acids is 2. The van der Waals surface area contributed by atoms with Crippen molar-refractivity contribution in [2.45, 2.75) is 18.3 Å². The number of likely N-dealkylation sites (N-methyl/N-ethyl adjacent to an activating group) is 1. The molecule has 0 fully saturated rings. The standard InChI is InChI=1S/C20H14ClF8N5O2/c1-31-14(13(19(24,25)26)15(30)18(22,23)20(27,28)29)17(36)33-9-5-6-11(21)10(8-9)16(35)34-12-4-2-3-7-32-12/h2-8,30-31H,1H3,(H,33,36)(H,32,34,35)/p+1/b14-13+,30-15?. The van der Waals surface area contributed by atoms with Crippen LogP contribution in [-0.2, 0) is 4.79 Å². The minimum atomic E-state index is -6.53. The number of nitrogens with two attached hydrogens (primary N) is 1. The number of benzene rings is 1. The van der Waals surface area contributed by atoms with Crippen LogP contribution in [0.3, 0.4) is 0 Å². The monoisotopic (exact) mass is 544 g/mol. The summed E-state index contributed by atoms with van der Waals surface area (Å²) in [7, 11) is 0.771. The van der Waals surface area contributed by atoms with Crippen LogP contribution in [0.2, 0.25) is 5.02 Å². The molecule has 1 aromatic carbocycles. The summed E-state index contributed by atoms with van der Waals surface area (Å²) in [5, 5.41) is 11.4. The Labute approximate surface area is 202 Å². The molecule has 2 rings (SSSR count). The van der Waals surface area contributed by atoms with Crippen LogP contribution >= 0.6 is 11.6 Å². The summed E-state index contributed by atoms with van der Waals surface area (Å²) in [6, 6.07) is 7.58. The second kappa shape index (κ2) is 10.6. The molecular weight excluding hydrogens is 530 g/mol. The number of nitrogens with zero attached hydrogens (tertiary/aromatic N) is 1. The zero-order chi connectivity index (χ0) is 27.5. The van der Waals surface area contributed by atoms with Crippen molar-refractivity contribution < 1.29 is 50.0 Å². The van der Waals surface area contributed by atoms with Gasteiger partial charge in [-0.25, -0.2) is 4.98 Å². The summed E-state index contributed by atoms with van der Waals surface area (Å²) in [6.07, 6.45) is -11.1. The van der Waals surface area contributed by atoms with E-state index in [0.717, 1.165) is 25.2 Å². The third-order valence-corrected chi connectivity index (χ3v) is 4.71. The molecule has 0 spiro atoms. The molecule has 0 saturated carbocycles. The van der Waals surface area contributed by atoms with Gasteiger partial charge in [-0.3, -0.25) is 15.0 Å². The van der Waals surface area contributed by atoms with Crippen LogP contribution in [-0.4, -0.2) is 47.8 Å². The van der Waals surface area contributed by atoms with Crippen LogP contribution in [0.15, 0.2) is 53.9 Å². The van der Waals surface area contributed by atoms with Crippen LogP contribution in [0.5, 0.6) is 0 Å². The maximum atomic E-state index is 13.6. The number of hydrogen-bond acceptors (Lipinski definition) is 4. The van der Waals surface area contributed by atoms with E-state index in [1.807, 2.05) is 5.32 Å². The maximum absolute atomic E-state index is 13.6. The van der Waals surface area contributed by atoms with Gasteiger partial charge in [-0.2, -0.15) is 35.1 Å². The molecule has 1 aromatic heterocycles. The maximum Gasteiger partial charge on any atom is 0.459 e. The van der Waals surface area contributed by atoms with Crippen molar-refractivity contribution in [2.75, 3.05) is 17.7 Å². The Balaban J connectivity index is 2.46. The van der Waals surface area contributed by atoms with Crippen molar-refractivity contribution in [2.24, 2.45) is 0 Å². The number of pyridine rings is 1. The molecule has 36 heavy (non-hydrogen) atoms. The van der Waals surface area contributed by atoms with Gasteiger partial charge < -0.3 is 16.0 Å². The number of nitrogens with one attached hydrogen (secondary N) is 3. The van der Waals surface area contributed by atoms with E-state index >= 15 is 0 Å². The minimum absolute atomic E-state index is 0.109. The lowest BCUT2D eigenvalue weighted by molar-refractivity contribution is -0.571. The van der Waals surface area contributed by atoms with Gasteiger partial charge in [0.25, 0.3) is 5.91 Å². The molecule has 0 aliphatic rings. The van der Waals surface area contributed by atoms with E-state index in [9.17, 15) is 44.7 Å². The first kappa shape index (κ1) is 28.6. The smallest absolute Gasteiger partial charge is 0.317 e. The number of carbonyl (C=O) groups is 2. The second-order valence-electron chi connectivity index (χ2n) is 6.84. The molecular formula is C20H15ClF8N5O2+. The summed E-state index contributed by atoms with van der Waals surface area (Å²) in [5.74, 6) is -8.71. The minimum Gasteiger partial charge on any atom is -0.317 e. The summed E-state index contributed by atoms with van der Waals surface area (Å²) in [6.45, 7) is 0. The molecule has 0 radical (unpaired) electrons. The van der Waals surface area contributed by atoms with Gasteiger partial charge in [-0.1, -0.05) is 17.7 Å². The number of anilines is 2. The van der Waals surface area contributed by atoms with Crippen molar-refractivity contribution in [3.05, 3.63) is 64.5 Å². The molecule has 16 heteroatoms. The van der Waals surface area contributed by atoms with Gasteiger partial charge in [0.15, 0.2) is 0 Å². The van der Waals surface area contributed by atoms with Crippen LogP contribution in [0, 0.1) is 5.41 Å². The topological polar surface area (TPSA) is 112 Å². The highest BCUT2D eigenvalue weighted by molar-refractivity contribution is 6.34. The SMILES string of the molecule is C[NH2+]/C(C(=O)Nc1ccc(Cl)c(C(=O)Nc2ccccn2)c1)=C(\C(=N)C(F)(F)C(F)(F)F)C(F)(F)F.